The second-order valence-corrected chi connectivity index (χ2v) is 5.92. The van der Waals surface area contributed by atoms with Gasteiger partial charge in [0.25, 0.3) is 0 Å². The monoisotopic (exact) mass is 299 g/mol. The van der Waals surface area contributed by atoms with Gasteiger partial charge < -0.3 is 25.4 Å². The number of nitrogens with zero attached hydrogens (tertiary/aromatic N) is 1. The van der Waals surface area contributed by atoms with Crippen LogP contribution in [0.4, 0.5) is 4.79 Å². The van der Waals surface area contributed by atoms with Gasteiger partial charge in [0.15, 0.2) is 0 Å². The SMILES string of the molecule is CN1CC(NC(=O)NC2COCC2(C)C(=O)O)CCC1=O. The molecular formula is C13H21N3O5. The van der Waals surface area contributed by atoms with Crippen molar-refractivity contribution in [2.45, 2.75) is 31.8 Å². The molecule has 3 amide bonds. The molecule has 2 heterocycles. The van der Waals surface area contributed by atoms with Gasteiger partial charge in [-0.3, -0.25) is 9.59 Å². The summed E-state index contributed by atoms with van der Waals surface area (Å²) in [6.45, 7) is 2.27. The number of ether oxygens (including phenoxy) is 1. The molecule has 0 aromatic carbocycles. The molecular weight excluding hydrogens is 278 g/mol. The van der Waals surface area contributed by atoms with Crippen LogP contribution in [0.2, 0.25) is 0 Å². The Kier molecular flexibility index (Phi) is 4.36. The predicted molar refractivity (Wildman–Crippen MR) is 72.7 cm³/mol. The third-order valence-electron chi connectivity index (χ3n) is 4.21. The van der Waals surface area contributed by atoms with Crippen LogP contribution in [0.15, 0.2) is 0 Å². The van der Waals surface area contributed by atoms with Gasteiger partial charge in [-0.2, -0.15) is 0 Å². The zero-order chi connectivity index (χ0) is 15.6. The van der Waals surface area contributed by atoms with Crippen molar-refractivity contribution in [2.24, 2.45) is 5.41 Å². The highest BCUT2D eigenvalue weighted by molar-refractivity contribution is 5.80. The average Bonchev–Trinajstić information content (AvgIpc) is 2.77. The van der Waals surface area contributed by atoms with Crippen molar-refractivity contribution >= 4 is 17.9 Å². The van der Waals surface area contributed by atoms with E-state index in [1.807, 2.05) is 0 Å². The zero-order valence-electron chi connectivity index (χ0n) is 12.2. The van der Waals surface area contributed by atoms with E-state index < -0.39 is 23.5 Å². The van der Waals surface area contributed by atoms with Crippen molar-refractivity contribution in [2.75, 3.05) is 26.8 Å². The molecule has 3 atom stereocenters. The Bertz CT molecular complexity index is 455. The first kappa shape index (κ1) is 15.6. The molecule has 118 valence electrons. The van der Waals surface area contributed by atoms with Crippen LogP contribution >= 0.6 is 0 Å². The Hall–Kier alpha value is -1.83. The molecule has 0 saturated carbocycles. The molecule has 2 aliphatic rings. The van der Waals surface area contributed by atoms with Crippen LogP contribution in [0.25, 0.3) is 0 Å². The largest absolute Gasteiger partial charge is 0.481 e. The minimum Gasteiger partial charge on any atom is -0.481 e. The fourth-order valence-electron chi connectivity index (χ4n) is 2.60. The second kappa shape index (κ2) is 5.88. The Morgan fingerprint density at radius 3 is 2.76 bits per heavy atom. The molecule has 2 aliphatic heterocycles. The molecule has 2 fully saturated rings. The van der Waals surface area contributed by atoms with Crippen molar-refractivity contribution in [3.63, 3.8) is 0 Å². The van der Waals surface area contributed by atoms with Crippen LogP contribution in [0.5, 0.6) is 0 Å². The summed E-state index contributed by atoms with van der Waals surface area (Å²) in [4.78, 5) is 36.2. The van der Waals surface area contributed by atoms with Crippen LogP contribution in [0.3, 0.4) is 0 Å². The number of aliphatic carboxylic acids is 1. The molecule has 3 N–H and O–H groups in total. The Morgan fingerprint density at radius 1 is 1.43 bits per heavy atom. The zero-order valence-corrected chi connectivity index (χ0v) is 12.2. The lowest BCUT2D eigenvalue weighted by Gasteiger charge is -2.31. The van der Waals surface area contributed by atoms with Crippen molar-refractivity contribution in [1.82, 2.24) is 15.5 Å². The van der Waals surface area contributed by atoms with E-state index in [-0.39, 0.29) is 25.2 Å². The number of urea groups is 1. The molecule has 0 aromatic heterocycles. The lowest BCUT2D eigenvalue weighted by atomic mass is 9.85. The molecule has 0 aromatic rings. The molecule has 0 aliphatic carbocycles. The van der Waals surface area contributed by atoms with Crippen molar-refractivity contribution in [3.8, 4) is 0 Å². The highest BCUT2D eigenvalue weighted by atomic mass is 16.5. The third kappa shape index (κ3) is 3.26. The quantitative estimate of drug-likeness (QED) is 0.644. The highest BCUT2D eigenvalue weighted by Gasteiger charge is 2.47. The van der Waals surface area contributed by atoms with E-state index in [1.165, 1.54) is 0 Å². The molecule has 0 spiro atoms. The van der Waals surface area contributed by atoms with E-state index in [2.05, 4.69) is 10.6 Å². The summed E-state index contributed by atoms with van der Waals surface area (Å²) >= 11 is 0. The summed E-state index contributed by atoms with van der Waals surface area (Å²) in [5, 5.41) is 14.7. The Balaban J connectivity index is 1.87. The van der Waals surface area contributed by atoms with Crippen LogP contribution in [-0.2, 0) is 14.3 Å². The predicted octanol–water partition coefficient (Wildman–Crippen LogP) is -0.604. The molecule has 8 nitrogen and oxygen atoms in total. The van der Waals surface area contributed by atoms with Crippen LogP contribution in [-0.4, -0.2) is 66.8 Å². The smallest absolute Gasteiger partial charge is 0.315 e. The van der Waals surface area contributed by atoms with Crippen molar-refractivity contribution < 1.29 is 24.2 Å². The number of likely N-dealkylation sites (tertiary alicyclic amines) is 1. The fourth-order valence-corrected chi connectivity index (χ4v) is 2.60. The van der Waals surface area contributed by atoms with Crippen molar-refractivity contribution in [3.05, 3.63) is 0 Å². The number of nitrogens with one attached hydrogen (secondary N) is 2. The van der Waals surface area contributed by atoms with E-state index in [1.54, 1.807) is 18.9 Å². The number of rotatable bonds is 3. The minimum atomic E-state index is -1.11. The Labute approximate surface area is 122 Å². The first-order valence-corrected chi connectivity index (χ1v) is 6.95. The second-order valence-electron chi connectivity index (χ2n) is 5.92. The van der Waals surface area contributed by atoms with E-state index >= 15 is 0 Å². The number of hydrogen-bond acceptors (Lipinski definition) is 4. The summed E-state index contributed by atoms with van der Waals surface area (Å²) in [5.74, 6) is -0.926. The van der Waals surface area contributed by atoms with Gasteiger partial charge in [-0.05, 0) is 13.3 Å². The molecule has 2 saturated heterocycles. The maximum absolute atomic E-state index is 12.0. The number of carbonyl (C=O) groups excluding carboxylic acids is 2. The number of carbonyl (C=O) groups is 3. The third-order valence-corrected chi connectivity index (χ3v) is 4.21. The van der Waals surface area contributed by atoms with Gasteiger partial charge in [0.05, 0.1) is 19.3 Å². The molecule has 8 heteroatoms. The molecule has 0 radical (unpaired) electrons. The average molecular weight is 299 g/mol. The standard InChI is InChI=1S/C13H21N3O5/c1-13(11(18)19)7-21-6-9(13)15-12(20)14-8-3-4-10(17)16(2)5-8/h8-9H,3-7H2,1-2H3,(H,18,19)(H2,14,15,20). The van der Waals surface area contributed by atoms with Crippen LogP contribution in [0.1, 0.15) is 19.8 Å². The topological polar surface area (TPSA) is 108 Å². The van der Waals surface area contributed by atoms with Gasteiger partial charge >= 0.3 is 12.0 Å². The van der Waals surface area contributed by atoms with Gasteiger partial charge in [0, 0.05) is 26.1 Å². The number of carboxylic acids is 1. The van der Waals surface area contributed by atoms with Gasteiger partial charge in [-0.15, -0.1) is 0 Å². The highest BCUT2D eigenvalue weighted by Crippen LogP contribution is 2.28. The van der Waals surface area contributed by atoms with Crippen molar-refractivity contribution in [1.29, 1.82) is 0 Å². The van der Waals surface area contributed by atoms with E-state index in [9.17, 15) is 19.5 Å². The summed E-state index contributed by atoms with van der Waals surface area (Å²) < 4.78 is 5.18. The minimum absolute atomic E-state index is 0.0658. The van der Waals surface area contributed by atoms with E-state index in [0.29, 0.717) is 19.4 Å². The first-order chi connectivity index (χ1) is 9.83. The molecule has 21 heavy (non-hydrogen) atoms. The molecule has 3 unspecified atom stereocenters. The van der Waals surface area contributed by atoms with E-state index in [0.717, 1.165) is 0 Å². The lowest BCUT2D eigenvalue weighted by molar-refractivity contribution is -0.148. The summed E-state index contributed by atoms with van der Waals surface area (Å²) in [5.41, 5.74) is -1.11. The number of piperidine rings is 1. The summed E-state index contributed by atoms with van der Waals surface area (Å²) in [7, 11) is 1.69. The molecule has 2 rings (SSSR count). The molecule has 0 bridgehead atoms. The van der Waals surface area contributed by atoms with Gasteiger partial charge in [-0.1, -0.05) is 0 Å². The van der Waals surface area contributed by atoms with Gasteiger partial charge in [0.1, 0.15) is 5.41 Å². The van der Waals surface area contributed by atoms with Crippen LogP contribution in [0, 0.1) is 5.41 Å². The van der Waals surface area contributed by atoms with Gasteiger partial charge in [-0.25, -0.2) is 4.79 Å². The summed E-state index contributed by atoms with van der Waals surface area (Å²) in [6.07, 6.45) is 0.995. The van der Waals surface area contributed by atoms with E-state index in [4.69, 9.17) is 4.74 Å². The normalized spacial score (nSPS) is 32.9. The number of likely N-dealkylation sites (N-methyl/N-ethyl adjacent to an activating group) is 1. The first-order valence-electron chi connectivity index (χ1n) is 6.95. The fraction of sp³-hybridized carbons (Fsp3) is 0.769. The summed E-state index contributed by atoms with van der Waals surface area (Å²) in [6, 6.07) is -1.12. The maximum Gasteiger partial charge on any atom is 0.315 e. The van der Waals surface area contributed by atoms with Gasteiger partial charge in [0.2, 0.25) is 5.91 Å². The number of amides is 3. The number of carboxylic acid groups (broad SMARTS) is 1. The number of hydrogen-bond donors (Lipinski definition) is 3. The maximum atomic E-state index is 12.0. The lowest BCUT2D eigenvalue weighted by Crippen LogP contribution is -2.56. The van der Waals surface area contributed by atoms with Crippen LogP contribution < -0.4 is 10.6 Å². The Morgan fingerprint density at radius 2 is 2.14 bits per heavy atom.